The van der Waals surface area contributed by atoms with E-state index >= 15 is 0 Å². The Kier molecular flexibility index (Phi) is 9.63. The van der Waals surface area contributed by atoms with Crippen LogP contribution < -0.4 is 15.1 Å². The molecule has 1 aliphatic carbocycles. The molecular formula is C33H49N5O2. The summed E-state index contributed by atoms with van der Waals surface area (Å²) in [5.41, 5.74) is 3.84. The summed E-state index contributed by atoms with van der Waals surface area (Å²) in [6, 6.07) is 13.6. The molecule has 3 heterocycles. The molecule has 0 bridgehead atoms. The van der Waals surface area contributed by atoms with Crippen LogP contribution in [0, 0.1) is 5.92 Å². The van der Waals surface area contributed by atoms with E-state index in [1.54, 1.807) is 0 Å². The quantitative estimate of drug-likeness (QED) is 0.462. The molecule has 0 unspecified atom stereocenters. The van der Waals surface area contributed by atoms with Gasteiger partial charge in [0, 0.05) is 32.2 Å². The number of benzene rings is 1. The van der Waals surface area contributed by atoms with Gasteiger partial charge < -0.3 is 15.0 Å². The zero-order chi connectivity index (χ0) is 28.0. The summed E-state index contributed by atoms with van der Waals surface area (Å²) >= 11 is 0. The normalized spacial score (nSPS) is 19.9. The van der Waals surface area contributed by atoms with Gasteiger partial charge in [0.25, 0.3) is 0 Å². The van der Waals surface area contributed by atoms with Gasteiger partial charge in [-0.2, -0.15) is 0 Å². The Morgan fingerprint density at radius 1 is 0.950 bits per heavy atom. The molecule has 1 aromatic heterocycles. The Labute approximate surface area is 241 Å². The molecule has 2 aromatic rings. The van der Waals surface area contributed by atoms with Gasteiger partial charge in [-0.25, -0.2) is 9.78 Å². The van der Waals surface area contributed by atoms with Crippen LogP contribution >= 0.6 is 0 Å². The Hall–Kier alpha value is -2.64. The molecule has 40 heavy (non-hydrogen) atoms. The second-order valence-corrected chi connectivity index (χ2v) is 13.0. The van der Waals surface area contributed by atoms with Crippen molar-refractivity contribution in [1.82, 2.24) is 15.2 Å². The summed E-state index contributed by atoms with van der Waals surface area (Å²) in [5.74, 6) is 1.44. The van der Waals surface area contributed by atoms with E-state index in [-0.39, 0.29) is 17.5 Å². The molecular weight excluding hydrogens is 498 g/mol. The van der Waals surface area contributed by atoms with Crippen molar-refractivity contribution in [2.75, 3.05) is 55.7 Å². The first kappa shape index (κ1) is 28.9. The SMILES string of the molecule is CC(C)(C)c1ccc(CN2CCC(CN(C(=O)NC3CCCCC3)c3ccc(N4CCOCC4)nc3)CC2)cc1. The molecule has 1 aromatic carbocycles. The molecule has 2 aliphatic heterocycles. The number of aromatic nitrogens is 1. The maximum absolute atomic E-state index is 13.6. The Morgan fingerprint density at radius 2 is 1.65 bits per heavy atom. The number of anilines is 2. The number of morpholine rings is 1. The highest BCUT2D eigenvalue weighted by Crippen LogP contribution is 2.27. The van der Waals surface area contributed by atoms with E-state index in [1.807, 2.05) is 11.1 Å². The van der Waals surface area contributed by atoms with Crippen molar-refractivity contribution in [1.29, 1.82) is 0 Å². The number of amides is 2. The third-order valence-electron chi connectivity index (χ3n) is 8.93. The van der Waals surface area contributed by atoms with E-state index in [1.165, 1.54) is 30.4 Å². The average Bonchev–Trinajstić information content (AvgIpc) is 2.98. The number of nitrogens with one attached hydrogen (secondary N) is 1. The molecule has 3 aliphatic rings. The van der Waals surface area contributed by atoms with E-state index in [0.29, 0.717) is 5.92 Å². The van der Waals surface area contributed by atoms with E-state index in [9.17, 15) is 4.79 Å². The minimum absolute atomic E-state index is 0.0363. The van der Waals surface area contributed by atoms with Crippen LogP contribution in [0.2, 0.25) is 0 Å². The van der Waals surface area contributed by atoms with Crippen molar-refractivity contribution >= 4 is 17.5 Å². The van der Waals surface area contributed by atoms with Gasteiger partial charge in [-0.15, -0.1) is 0 Å². The lowest BCUT2D eigenvalue weighted by Crippen LogP contribution is -2.48. The van der Waals surface area contributed by atoms with Crippen LogP contribution in [0.15, 0.2) is 42.6 Å². The standard InChI is InChI=1S/C33H49N5O2/c1-33(2,3)28-11-9-26(10-12-28)24-36-17-15-27(16-18-36)25-38(32(39)35-29-7-5-4-6-8-29)30-13-14-31(34-23-30)37-19-21-40-22-20-37/h9-14,23,27,29H,4-8,15-22,24-25H2,1-3H3,(H,35,39). The molecule has 0 radical (unpaired) electrons. The average molecular weight is 548 g/mol. The number of nitrogens with zero attached hydrogens (tertiary/aromatic N) is 4. The predicted octanol–water partition coefficient (Wildman–Crippen LogP) is 5.98. The lowest BCUT2D eigenvalue weighted by molar-refractivity contribution is 0.122. The fourth-order valence-electron chi connectivity index (χ4n) is 6.28. The summed E-state index contributed by atoms with van der Waals surface area (Å²) in [7, 11) is 0. The van der Waals surface area contributed by atoms with Crippen molar-refractivity contribution in [3.63, 3.8) is 0 Å². The first-order valence-corrected chi connectivity index (χ1v) is 15.5. The van der Waals surface area contributed by atoms with E-state index < -0.39 is 0 Å². The minimum Gasteiger partial charge on any atom is -0.378 e. The number of rotatable bonds is 7. The van der Waals surface area contributed by atoms with Gasteiger partial charge in [0.15, 0.2) is 0 Å². The van der Waals surface area contributed by atoms with Crippen molar-refractivity contribution in [3.8, 4) is 0 Å². The number of piperidine rings is 1. The van der Waals surface area contributed by atoms with Gasteiger partial charge in [-0.1, -0.05) is 64.3 Å². The first-order valence-electron chi connectivity index (χ1n) is 15.5. The fourth-order valence-corrected chi connectivity index (χ4v) is 6.28. The van der Waals surface area contributed by atoms with Crippen LogP contribution in [0.5, 0.6) is 0 Å². The molecule has 3 fully saturated rings. The Balaban J connectivity index is 1.20. The monoisotopic (exact) mass is 547 g/mol. The third-order valence-corrected chi connectivity index (χ3v) is 8.93. The van der Waals surface area contributed by atoms with Crippen LogP contribution in [0.1, 0.15) is 76.8 Å². The van der Waals surface area contributed by atoms with Gasteiger partial charge in [-0.3, -0.25) is 9.80 Å². The zero-order valence-electron chi connectivity index (χ0n) is 24.9. The smallest absolute Gasteiger partial charge is 0.322 e. The molecule has 2 amide bonds. The van der Waals surface area contributed by atoms with Gasteiger partial charge in [0.05, 0.1) is 25.1 Å². The Morgan fingerprint density at radius 3 is 2.27 bits per heavy atom. The predicted molar refractivity (Wildman–Crippen MR) is 163 cm³/mol. The van der Waals surface area contributed by atoms with E-state index in [2.05, 4.69) is 72.3 Å². The van der Waals surface area contributed by atoms with Crippen LogP contribution in [0.4, 0.5) is 16.3 Å². The maximum Gasteiger partial charge on any atom is 0.322 e. The molecule has 7 heteroatoms. The summed E-state index contributed by atoms with van der Waals surface area (Å²) in [4.78, 5) is 25.2. The van der Waals surface area contributed by atoms with Gasteiger partial charge in [-0.05, 0) is 73.4 Å². The number of hydrogen-bond donors (Lipinski definition) is 1. The van der Waals surface area contributed by atoms with Crippen LogP contribution in [0.25, 0.3) is 0 Å². The number of carbonyl (C=O) groups excluding carboxylic acids is 1. The maximum atomic E-state index is 13.6. The third kappa shape index (κ3) is 7.76. The number of pyridine rings is 1. The molecule has 7 nitrogen and oxygen atoms in total. The molecule has 0 atom stereocenters. The van der Waals surface area contributed by atoms with E-state index in [4.69, 9.17) is 9.72 Å². The van der Waals surface area contributed by atoms with Gasteiger partial charge >= 0.3 is 6.03 Å². The highest BCUT2D eigenvalue weighted by molar-refractivity contribution is 5.92. The number of urea groups is 1. The number of carbonyl (C=O) groups is 1. The molecule has 1 N–H and O–H groups in total. The summed E-state index contributed by atoms with van der Waals surface area (Å²) < 4.78 is 5.49. The highest BCUT2D eigenvalue weighted by Gasteiger charge is 2.27. The molecule has 218 valence electrons. The highest BCUT2D eigenvalue weighted by atomic mass is 16.5. The van der Waals surface area contributed by atoms with Crippen molar-refractivity contribution in [2.24, 2.45) is 5.92 Å². The van der Waals surface area contributed by atoms with Crippen LogP contribution in [-0.4, -0.2) is 67.9 Å². The summed E-state index contributed by atoms with van der Waals surface area (Å²) in [6.45, 7) is 13.9. The van der Waals surface area contributed by atoms with Crippen molar-refractivity contribution in [2.45, 2.75) is 83.7 Å². The zero-order valence-corrected chi connectivity index (χ0v) is 24.9. The number of likely N-dealkylation sites (tertiary alicyclic amines) is 1. The van der Waals surface area contributed by atoms with Crippen LogP contribution in [-0.2, 0) is 16.7 Å². The van der Waals surface area contributed by atoms with E-state index in [0.717, 1.165) is 89.7 Å². The number of ether oxygens (including phenoxy) is 1. The van der Waals surface area contributed by atoms with Crippen molar-refractivity contribution < 1.29 is 9.53 Å². The Bertz CT molecular complexity index is 1060. The molecule has 1 saturated carbocycles. The first-order chi connectivity index (χ1) is 19.3. The minimum atomic E-state index is 0.0363. The van der Waals surface area contributed by atoms with Crippen molar-refractivity contribution in [3.05, 3.63) is 53.7 Å². The number of hydrogen-bond acceptors (Lipinski definition) is 5. The lowest BCUT2D eigenvalue weighted by Gasteiger charge is -2.36. The second kappa shape index (κ2) is 13.3. The second-order valence-electron chi connectivity index (χ2n) is 13.0. The lowest BCUT2D eigenvalue weighted by atomic mass is 9.86. The largest absolute Gasteiger partial charge is 0.378 e. The van der Waals surface area contributed by atoms with Gasteiger partial charge in [0.2, 0.25) is 0 Å². The molecule has 2 saturated heterocycles. The summed E-state index contributed by atoms with van der Waals surface area (Å²) in [6.07, 6.45) is 9.96. The summed E-state index contributed by atoms with van der Waals surface area (Å²) in [5, 5.41) is 3.36. The van der Waals surface area contributed by atoms with Gasteiger partial charge in [0.1, 0.15) is 5.82 Å². The fraction of sp³-hybridized carbons (Fsp3) is 0.636. The van der Waals surface area contributed by atoms with Crippen LogP contribution in [0.3, 0.4) is 0 Å². The molecule has 0 spiro atoms. The topological polar surface area (TPSA) is 60.9 Å². The molecule has 5 rings (SSSR count).